The second kappa shape index (κ2) is 8.40. The predicted molar refractivity (Wildman–Crippen MR) is 112 cm³/mol. The minimum absolute atomic E-state index is 0.0698. The van der Waals surface area contributed by atoms with Crippen LogP contribution < -0.4 is 0 Å². The van der Waals surface area contributed by atoms with E-state index in [9.17, 15) is 4.79 Å². The average molecular weight is 418 g/mol. The van der Waals surface area contributed by atoms with Gasteiger partial charge in [0.25, 0.3) is 0 Å². The Bertz CT molecular complexity index is 839. The minimum atomic E-state index is -0.314. The second-order valence-electron chi connectivity index (χ2n) is 7.86. The van der Waals surface area contributed by atoms with Crippen molar-refractivity contribution in [2.24, 2.45) is 5.92 Å². The van der Waals surface area contributed by atoms with E-state index in [0.29, 0.717) is 16.0 Å². The molecule has 6 heteroatoms. The molecule has 1 aliphatic heterocycles. The number of halogens is 2. The quantitative estimate of drug-likeness (QED) is 0.660. The molecule has 2 heterocycles. The Morgan fingerprint density at radius 1 is 1.00 bits per heavy atom. The Labute approximate surface area is 176 Å². The molecule has 1 saturated heterocycles. The number of amides is 1. The lowest BCUT2D eigenvalue weighted by molar-refractivity contribution is -0.137. The molecule has 2 atom stereocenters. The van der Waals surface area contributed by atoms with E-state index < -0.39 is 0 Å². The molecular weight excluding hydrogens is 393 g/mol. The normalized spacial score (nSPS) is 24.1. The van der Waals surface area contributed by atoms with Crippen LogP contribution in [0.2, 0.25) is 10.0 Å². The summed E-state index contributed by atoms with van der Waals surface area (Å²) < 4.78 is 0. The van der Waals surface area contributed by atoms with E-state index in [1.807, 2.05) is 36.3 Å². The third kappa shape index (κ3) is 3.78. The molecule has 28 heavy (non-hydrogen) atoms. The van der Waals surface area contributed by atoms with Gasteiger partial charge in [0, 0.05) is 26.0 Å². The lowest BCUT2D eigenvalue weighted by Gasteiger charge is -2.35. The molecule has 1 saturated carbocycles. The maximum Gasteiger partial charge on any atom is 0.246 e. The Morgan fingerprint density at radius 2 is 1.71 bits per heavy atom. The van der Waals surface area contributed by atoms with Gasteiger partial charge in [-0.15, -0.1) is 0 Å². The van der Waals surface area contributed by atoms with Crippen molar-refractivity contribution in [3.05, 3.63) is 63.9 Å². The van der Waals surface area contributed by atoms with Crippen molar-refractivity contribution in [1.82, 2.24) is 15.0 Å². The number of aromatic nitrogens is 1. The SMILES string of the molecule is CN1C(=O)C(c2ccc(Cl)c(Cl)c2)C(c2ccncc2)N1CC1CCCCC1. The summed E-state index contributed by atoms with van der Waals surface area (Å²) in [6.45, 7) is 0.896. The van der Waals surface area contributed by atoms with Gasteiger partial charge in [-0.2, -0.15) is 0 Å². The van der Waals surface area contributed by atoms with E-state index in [1.54, 1.807) is 18.5 Å². The number of hydrazine groups is 1. The summed E-state index contributed by atoms with van der Waals surface area (Å²) in [5, 5.41) is 5.05. The molecule has 2 unspecified atom stereocenters. The van der Waals surface area contributed by atoms with Crippen LogP contribution in [0.25, 0.3) is 0 Å². The number of benzene rings is 1. The lowest BCUT2D eigenvalue weighted by Crippen LogP contribution is -2.40. The third-order valence-corrected chi connectivity index (χ3v) is 6.87. The smallest absolute Gasteiger partial charge is 0.246 e. The molecule has 0 bridgehead atoms. The zero-order valence-electron chi connectivity index (χ0n) is 16.0. The first-order chi connectivity index (χ1) is 13.6. The van der Waals surface area contributed by atoms with Crippen molar-refractivity contribution in [3.8, 4) is 0 Å². The Morgan fingerprint density at radius 3 is 2.39 bits per heavy atom. The van der Waals surface area contributed by atoms with Crippen LogP contribution in [0, 0.1) is 5.92 Å². The Kier molecular flexibility index (Phi) is 5.91. The van der Waals surface area contributed by atoms with Crippen molar-refractivity contribution in [2.45, 2.75) is 44.1 Å². The molecular formula is C22H25Cl2N3O. The highest BCUT2D eigenvalue weighted by Gasteiger charge is 2.47. The van der Waals surface area contributed by atoms with Crippen molar-refractivity contribution >= 4 is 29.1 Å². The Hall–Kier alpha value is -1.62. The highest BCUT2D eigenvalue weighted by Crippen LogP contribution is 2.45. The molecule has 4 nitrogen and oxygen atoms in total. The number of carbonyl (C=O) groups excluding carboxylic acids is 1. The predicted octanol–water partition coefficient (Wildman–Crippen LogP) is 5.48. The van der Waals surface area contributed by atoms with Gasteiger partial charge in [-0.25, -0.2) is 5.01 Å². The molecule has 0 radical (unpaired) electrons. The first-order valence-electron chi connectivity index (χ1n) is 9.95. The number of pyridine rings is 1. The van der Waals surface area contributed by atoms with E-state index in [0.717, 1.165) is 17.7 Å². The summed E-state index contributed by atoms with van der Waals surface area (Å²) in [6, 6.07) is 9.48. The van der Waals surface area contributed by atoms with Gasteiger partial charge in [-0.1, -0.05) is 48.5 Å². The standard InChI is InChI=1S/C22H25Cl2N3O/c1-26-22(28)20(17-7-8-18(23)19(24)13-17)21(16-9-11-25-12-10-16)27(26)14-15-5-3-2-4-6-15/h7-13,15,20-21H,2-6,14H2,1H3. The van der Waals surface area contributed by atoms with Crippen LogP contribution in [0.1, 0.15) is 55.2 Å². The molecule has 1 aliphatic carbocycles. The van der Waals surface area contributed by atoms with Gasteiger partial charge in [-0.3, -0.25) is 14.8 Å². The maximum absolute atomic E-state index is 13.3. The monoisotopic (exact) mass is 417 g/mol. The Balaban J connectivity index is 1.73. The molecule has 1 amide bonds. The maximum atomic E-state index is 13.3. The average Bonchev–Trinajstić information content (AvgIpc) is 2.96. The van der Waals surface area contributed by atoms with Crippen LogP contribution in [0.5, 0.6) is 0 Å². The largest absolute Gasteiger partial charge is 0.277 e. The number of carbonyl (C=O) groups is 1. The summed E-state index contributed by atoms with van der Waals surface area (Å²) in [6.07, 6.45) is 9.95. The summed E-state index contributed by atoms with van der Waals surface area (Å²) in [5.41, 5.74) is 2.00. The van der Waals surface area contributed by atoms with Crippen molar-refractivity contribution < 1.29 is 4.79 Å². The lowest BCUT2D eigenvalue weighted by atomic mass is 9.86. The molecule has 1 aromatic heterocycles. The van der Waals surface area contributed by atoms with Gasteiger partial charge in [0.05, 0.1) is 22.0 Å². The number of hydrogen-bond acceptors (Lipinski definition) is 3. The first-order valence-corrected chi connectivity index (χ1v) is 10.7. The molecule has 148 valence electrons. The van der Waals surface area contributed by atoms with Gasteiger partial charge >= 0.3 is 0 Å². The van der Waals surface area contributed by atoms with Crippen LogP contribution in [-0.4, -0.2) is 34.5 Å². The van der Waals surface area contributed by atoms with Crippen molar-refractivity contribution in [1.29, 1.82) is 0 Å². The van der Waals surface area contributed by atoms with Crippen LogP contribution in [0.15, 0.2) is 42.7 Å². The molecule has 4 rings (SSSR count). The fraction of sp³-hybridized carbons (Fsp3) is 0.455. The fourth-order valence-corrected chi connectivity index (χ4v) is 4.95. The van der Waals surface area contributed by atoms with E-state index >= 15 is 0 Å². The van der Waals surface area contributed by atoms with Gasteiger partial charge < -0.3 is 0 Å². The summed E-state index contributed by atoms with van der Waals surface area (Å²) >= 11 is 12.4. The first kappa shape index (κ1) is 19.7. The zero-order chi connectivity index (χ0) is 19.7. The van der Waals surface area contributed by atoms with Gasteiger partial charge in [0.15, 0.2) is 0 Å². The highest BCUT2D eigenvalue weighted by molar-refractivity contribution is 6.42. The van der Waals surface area contributed by atoms with Crippen molar-refractivity contribution in [2.75, 3.05) is 13.6 Å². The molecule has 2 fully saturated rings. The van der Waals surface area contributed by atoms with Gasteiger partial charge in [0.1, 0.15) is 0 Å². The molecule has 0 N–H and O–H groups in total. The van der Waals surface area contributed by atoms with Crippen LogP contribution in [-0.2, 0) is 4.79 Å². The second-order valence-corrected chi connectivity index (χ2v) is 8.68. The van der Waals surface area contributed by atoms with E-state index in [4.69, 9.17) is 23.2 Å². The zero-order valence-corrected chi connectivity index (χ0v) is 17.5. The summed E-state index contributed by atoms with van der Waals surface area (Å²) in [4.78, 5) is 17.5. The van der Waals surface area contributed by atoms with E-state index in [1.165, 1.54) is 32.1 Å². The number of rotatable bonds is 4. The molecule has 2 aliphatic rings. The summed E-state index contributed by atoms with van der Waals surface area (Å²) in [5.74, 6) is 0.405. The summed E-state index contributed by atoms with van der Waals surface area (Å²) in [7, 11) is 1.89. The van der Waals surface area contributed by atoms with Gasteiger partial charge in [0.2, 0.25) is 5.91 Å². The fourth-order valence-electron chi connectivity index (χ4n) is 4.65. The van der Waals surface area contributed by atoms with Crippen LogP contribution in [0.4, 0.5) is 0 Å². The van der Waals surface area contributed by atoms with Crippen LogP contribution in [0.3, 0.4) is 0 Å². The van der Waals surface area contributed by atoms with E-state index in [-0.39, 0.29) is 17.9 Å². The molecule has 2 aromatic rings. The highest BCUT2D eigenvalue weighted by atomic mass is 35.5. The topological polar surface area (TPSA) is 36.4 Å². The number of likely N-dealkylation sites (N-methyl/N-ethyl adjacent to an activating group) is 1. The number of nitrogens with zero attached hydrogens (tertiary/aromatic N) is 3. The van der Waals surface area contributed by atoms with Crippen molar-refractivity contribution in [3.63, 3.8) is 0 Å². The number of hydrogen-bond donors (Lipinski definition) is 0. The van der Waals surface area contributed by atoms with Gasteiger partial charge in [-0.05, 0) is 54.2 Å². The molecule has 0 spiro atoms. The van der Waals surface area contributed by atoms with Crippen LogP contribution >= 0.6 is 23.2 Å². The third-order valence-electron chi connectivity index (χ3n) is 6.13. The van der Waals surface area contributed by atoms with E-state index in [2.05, 4.69) is 9.99 Å². The molecule has 1 aromatic carbocycles. The minimum Gasteiger partial charge on any atom is -0.277 e.